The molecule has 0 unspecified atom stereocenters. The Kier molecular flexibility index (Phi) is 36.3. The molecule has 0 saturated carbocycles. The minimum absolute atomic E-state index is 0.0937. The highest BCUT2D eigenvalue weighted by Gasteiger charge is 2.05. The number of esters is 2. The summed E-state index contributed by atoms with van der Waals surface area (Å²) in [6.07, 6.45) is 44.6. The molecule has 0 amide bonds. The van der Waals surface area contributed by atoms with Gasteiger partial charge in [0.2, 0.25) is 0 Å². The van der Waals surface area contributed by atoms with Gasteiger partial charge >= 0.3 is 11.9 Å². The molecule has 44 heavy (non-hydrogen) atoms. The van der Waals surface area contributed by atoms with E-state index in [0.717, 1.165) is 38.5 Å². The summed E-state index contributed by atoms with van der Waals surface area (Å²) in [4.78, 5) is 23.8. The molecule has 0 bridgehead atoms. The van der Waals surface area contributed by atoms with Gasteiger partial charge in [0.05, 0.1) is 13.2 Å². The van der Waals surface area contributed by atoms with Gasteiger partial charge in [-0.1, -0.05) is 141 Å². The zero-order valence-corrected chi connectivity index (χ0v) is 29.6. The Balaban J connectivity index is 3.32. The summed E-state index contributed by atoms with van der Waals surface area (Å²) in [5.41, 5.74) is 0. The first-order valence-electron chi connectivity index (χ1n) is 19.3. The van der Waals surface area contributed by atoms with Crippen molar-refractivity contribution in [3.63, 3.8) is 0 Å². The van der Waals surface area contributed by atoms with Crippen LogP contribution in [-0.2, 0) is 19.1 Å². The topological polar surface area (TPSA) is 52.6 Å². The molecule has 0 N–H and O–H groups in total. The van der Waals surface area contributed by atoms with Crippen LogP contribution in [-0.4, -0.2) is 25.2 Å². The average molecular weight is 619 g/mol. The minimum Gasteiger partial charge on any atom is -0.466 e. The van der Waals surface area contributed by atoms with E-state index in [9.17, 15) is 9.59 Å². The van der Waals surface area contributed by atoms with E-state index in [-0.39, 0.29) is 11.9 Å². The van der Waals surface area contributed by atoms with Gasteiger partial charge in [0, 0.05) is 12.8 Å². The molecule has 258 valence electrons. The van der Waals surface area contributed by atoms with E-state index in [4.69, 9.17) is 9.47 Å². The van der Waals surface area contributed by atoms with Crippen LogP contribution in [0.2, 0.25) is 0 Å². The number of rotatable bonds is 35. The molecule has 0 aromatic rings. The van der Waals surface area contributed by atoms with Crippen LogP contribution in [0.4, 0.5) is 0 Å². The molecule has 0 aromatic carbocycles. The lowest BCUT2D eigenvalue weighted by molar-refractivity contribution is -0.146. The number of allylic oxidation sites excluding steroid dienone is 4. The highest BCUT2D eigenvalue weighted by Crippen LogP contribution is 2.12. The first-order valence-corrected chi connectivity index (χ1v) is 19.3. The van der Waals surface area contributed by atoms with Crippen molar-refractivity contribution in [3.8, 4) is 0 Å². The van der Waals surface area contributed by atoms with Gasteiger partial charge in [-0.2, -0.15) is 0 Å². The van der Waals surface area contributed by atoms with Gasteiger partial charge < -0.3 is 9.47 Å². The summed E-state index contributed by atoms with van der Waals surface area (Å²) in [6, 6.07) is 0. The number of unbranched alkanes of at least 4 members (excludes halogenated alkanes) is 23. The van der Waals surface area contributed by atoms with E-state index in [0.29, 0.717) is 26.1 Å². The third-order valence-electron chi connectivity index (χ3n) is 8.35. The van der Waals surface area contributed by atoms with Gasteiger partial charge in [0.1, 0.15) is 0 Å². The van der Waals surface area contributed by atoms with Crippen molar-refractivity contribution in [2.75, 3.05) is 13.2 Å². The Labute approximate surface area is 274 Å². The molecule has 0 heterocycles. The van der Waals surface area contributed by atoms with Crippen molar-refractivity contribution < 1.29 is 19.1 Å². The standard InChI is InChI=1S/C40H74O4/c1-3-5-7-9-11-13-15-17-19-21-23-25-27-29-31-35-39(41)43-37-33-34-38-44-40(42)36-32-30-28-26-24-22-20-18-16-14-12-10-8-6-4-2/h17-20H,3-16,21-38H2,1-2H3/b19-17-,20-18-. The van der Waals surface area contributed by atoms with E-state index in [1.54, 1.807) is 0 Å². The predicted molar refractivity (Wildman–Crippen MR) is 190 cm³/mol. The summed E-state index contributed by atoms with van der Waals surface area (Å²) < 4.78 is 10.7. The van der Waals surface area contributed by atoms with Crippen molar-refractivity contribution >= 4 is 11.9 Å². The SMILES string of the molecule is CCCCCCCC/C=C\CCCCCCCC(=O)OCCCCOC(=O)CCCCCCC/C=C\CCCCCCCC. The molecule has 0 saturated heterocycles. The predicted octanol–water partition coefficient (Wildman–Crippen LogP) is 12.9. The molecule has 0 atom stereocenters. The van der Waals surface area contributed by atoms with Crippen molar-refractivity contribution in [1.82, 2.24) is 0 Å². The Hall–Kier alpha value is -1.58. The van der Waals surface area contributed by atoms with Crippen LogP contribution in [0.1, 0.15) is 206 Å². The summed E-state index contributed by atoms with van der Waals surface area (Å²) in [6.45, 7) is 5.39. The number of ether oxygens (including phenoxy) is 2. The van der Waals surface area contributed by atoms with E-state index >= 15 is 0 Å². The molecule has 0 fully saturated rings. The van der Waals surface area contributed by atoms with Gasteiger partial charge in [-0.25, -0.2) is 0 Å². The molecule has 0 aliphatic rings. The maximum atomic E-state index is 11.9. The zero-order valence-electron chi connectivity index (χ0n) is 29.6. The molecule has 0 aromatic heterocycles. The molecule has 0 aliphatic carbocycles. The van der Waals surface area contributed by atoms with Crippen LogP contribution in [0, 0.1) is 0 Å². The first-order chi connectivity index (χ1) is 21.7. The highest BCUT2D eigenvalue weighted by atomic mass is 16.5. The number of hydrogen-bond acceptors (Lipinski definition) is 4. The Morgan fingerprint density at radius 3 is 0.955 bits per heavy atom. The van der Waals surface area contributed by atoms with Crippen molar-refractivity contribution in [2.24, 2.45) is 0 Å². The minimum atomic E-state index is -0.0937. The summed E-state index contributed by atoms with van der Waals surface area (Å²) in [7, 11) is 0. The summed E-state index contributed by atoms with van der Waals surface area (Å²) >= 11 is 0. The molecule has 0 rings (SSSR count). The second-order valence-corrected chi connectivity index (χ2v) is 12.8. The fraction of sp³-hybridized carbons (Fsp3) is 0.850. The summed E-state index contributed by atoms with van der Waals surface area (Å²) in [5.74, 6) is -0.187. The zero-order chi connectivity index (χ0) is 32.0. The molecular weight excluding hydrogens is 544 g/mol. The van der Waals surface area contributed by atoms with Crippen molar-refractivity contribution in [2.45, 2.75) is 206 Å². The Bertz CT molecular complexity index is 598. The number of carbonyl (C=O) groups is 2. The van der Waals surface area contributed by atoms with E-state index in [2.05, 4.69) is 38.2 Å². The normalized spacial score (nSPS) is 11.6. The van der Waals surface area contributed by atoms with Gasteiger partial charge in [0.25, 0.3) is 0 Å². The van der Waals surface area contributed by atoms with Gasteiger partial charge in [-0.3, -0.25) is 9.59 Å². The lowest BCUT2D eigenvalue weighted by Crippen LogP contribution is -2.08. The van der Waals surface area contributed by atoms with Crippen LogP contribution in [0.25, 0.3) is 0 Å². The maximum Gasteiger partial charge on any atom is 0.305 e. The lowest BCUT2D eigenvalue weighted by Gasteiger charge is -2.06. The second kappa shape index (κ2) is 37.6. The highest BCUT2D eigenvalue weighted by molar-refractivity contribution is 5.69. The van der Waals surface area contributed by atoms with E-state index in [1.165, 1.54) is 141 Å². The largest absolute Gasteiger partial charge is 0.466 e. The molecule has 0 spiro atoms. The van der Waals surface area contributed by atoms with Crippen molar-refractivity contribution in [1.29, 1.82) is 0 Å². The smallest absolute Gasteiger partial charge is 0.305 e. The fourth-order valence-electron chi connectivity index (χ4n) is 5.40. The van der Waals surface area contributed by atoms with Gasteiger partial charge in [0.15, 0.2) is 0 Å². The molecular formula is C40H74O4. The lowest BCUT2D eigenvalue weighted by atomic mass is 10.1. The van der Waals surface area contributed by atoms with Crippen LogP contribution in [0.5, 0.6) is 0 Å². The number of hydrogen-bond donors (Lipinski definition) is 0. The quantitative estimate of drug-likeness (QED) is 0.0403. The summed E-state index contributed by atoms with van der Waals surface area (Å²) in [5, 5.41) is 0. The van der Waals surface area contributed by atoms with Gasteiger partial charge in [-0.15, -0.1) is 0 Å². The Morgan fingerprint density at radius 1 is 0.364 bits per heavy atom. The van der Waals surface area contributed by atoms with E-state index < -0.39 is 0 Å². The molecule has 4 heteroatoms. The average Bonchev–Trinajstić information content (AvgIpc) is 3.02. The van der Waals surface area contributed by atoms with Crippen molar-refractivity contribution in [3.05, 3.63) is 24.3 Å². The second-order valence-electron chi connectivity index (χ2n) is 12.8. The third kappa shape index (κ3) is 36.6. The monoisotopic (exact) mass is 619 g/mol. The molecule has 0 radical (unpaired) electrons. The Morgan fingerprint density at radius 2 is 0.636 bits per heavy atom. The van der Waals surface area contributed by atoms with Crippen LogP contribution < -0.4 is 0 Å². The van der Waals surface area contributed by atoms with Crippen LogP contribution >= 0.6 is 0 Å². The van der Waals surface area contributed by atoms with Crippen LogP contribution in [0.15, 0.2) is 24.3 Å². The maximum absolute atomic E-state index is 11.9. The van der Waals surface area contributed by atoms with Gasteiger partial charge in [-0.05, 0) is 77.0 Å². The fourth-order valence-corrected chi connectivity index (χ4v) is 5.40. The van der Waals surface area contributed by atoms with E-state index in [1.807, 2.05) is 0 Å². The van der Waals surface area contributed by atoms with Crippen LogP contribution in [0.3, 0.4) is 0 Å². The first kappa shape index (κ1) is 42.4. The third-order valence-corrected chi connectivity index (χ3v) is 8.35. The number of carbonyl (C=O) groups excluding carboxylic acids is 2. The molecule has 0 aliphatic heterocycles. The molecule has 4 nitrogen and oxygen atoms in total.